The summed E-state index contributed by atoms with van der Waals surface area (Å²) < 4.78 is 52.4. The Morgan fingerprint density at radius 1 is 0.949 bits per heavy atom. The number of halogens is 1. The lowest BCUT2D eigenvalue weighted by atomic mass is 10.2. The van der Waals surface area contributed by atoms with E-state index >= 15 is 0 Å². The summed E-state index contributed by atoms with van der Waals surface area (Å²) in [6.45, 7) is 0.934. The van der Waals surface area contributed by atoms with Gasteiger partial charge in [0.2, 0.25) is 15.0 Å². The lowest BCUT2D eigenvalue weighted by Crippen LogP contribution is -2.34. The molecule has 0 saturated heterocycles. The number of aromatic nitrogens is 2. The molecule has 4 aromatic rings. The molecule has 0 bridgehead atoms. The first-order chi connectivity index (χ1) is 18.8. The Hall–Kier alpha value is -4.02. The number of carbonyl (C=O) groups is 1. The minimum Gasteiger partial charge on any atom is -0.497 e. The molecule has 1 heterocycles. The summed E-state index contributed by atoms with van der Waals surface area (Å²) in [6.07, 6.45) is 1.49. The van der Waals surface area contributed by atoms with E-state index in [4.69, 9.17) is 9.47 Å². The molecule has 0 saturated carbocycles. The summed E-state index contributed by atoms with van der Waals surface area (Å²) in [5, 5.41) is -0.116. The molecule has 0 atom stereocenters. The molecule has 39 heavy (non-hydrogen) atoms. The standard InChI is InChI=1S/C29H30FN3O5S/c1-37-17-16-32(28(34)24-10-14-27(38-2)15-11-24)20-26-18-31-29(33(26)19-22-6-4-3-5-7-22)39(35,36)21-23-8-12-25(30)13-9-23/h3-15,18H,16-17,19-21H2,1-2H3. The predicted molar refractivity (Wildman–Crippen MR) is 145 cm³/mol. The number of ether oxygens (including phenoxy) is 2. The minimum absolute atomic E-state index is 0.111. The second-order valence-electron chi connectivity index (χ2n) is 8.94. The number of carbonyl (C=O) groups excluding carboxylic acids is 1. The first-order valence-corrected chi connectivity index (χ1v) is 13.9. The third-order valence-electron chi connectivity index (χ3n) is 6.18. The topological polar surface area (TPSA) is 90.7 Å². The van der Waals surface area contributed by atoms with Crippen LogP contribution >= 0.6 is 0 Å². The molecule has 0 aliphatic rings. The average molecular weight is 552 g/mol. The lowest BCUT2D eigenvalue weighted by Gasteiger charge is -2.23. The minimum atomic E-state index is -3.90. The summed E-state index contributed by atoms with van der Waals surface area (Å²) >= 11 is 0. The van der Waals surface area contributed by atoms with Gasteiger partial charge in [-0.3, -0.25) is 4.79 Å². The average Bonchev–Trinajstić information content (AvgIpc) is 3.35. The number of hydrogen-bond acceptors (Lipinski definition) is 6. The van der Waals surface area contributed by atoms with Gasteiger partial charge in [0.05, 0.1) is 44.4 Å². The van der Waals surface area contributed by atoms with Crippen LogP contribution in [0.3, 0.4) is 0 Å². The van der Waals surface area contributed by atoms with E-state index in [0.717, 1.165) is 5.56 Å². The summed E-state index contributed by atoms with van der Waals surface area (Å²) in [7, 11) is -0.797. The van der Waals surface area contributed by atoms with Crippen LogP contribution in [0.25, 0.3) is 0 Å². The quantitative estimate of drug-likeness (QED) is 0.260. The molecule has 4 rings (SSSR count). The van der Waals surface area contributed by atoms with Crippen molar-refractivity contribution < 1.29 is 27.1 Å². The van der Waals surface area contributed by atoms with Crippen molar-refractivity contribution in [1.29, 1.82) is 0 Å². The number of sulfone groups is 1. The summed E-state index contributed by atoms with van der Waals surface area (Å²) in [5.41, 5.74) is 2.34. The largest absolute Gasteiger partial charge is 0.497 e. The molecule has 0 unspecified atom stereocenters. The maximum atomic E-state index is 13.5. The van der Waals surface area contributed by atoms with Crippen molar-refractivity contribution in [3.05, 3.63) is 113 Å². The highest BCUT2D eigenvalue weighted by Gasteiger charge is 2.26. The second-order valence-corrected chi connectivity index (χ2v) is 10.8. The van der Waals surface area contributed by atoms with Gasteiger partial charge in [-0.1, -0.05) is 42.5 Å². The van der Waals surface area contributed by atoms with Gasteiger partial charge in [-0.15, -0.1) is 0 Å². The predicted octanol–water partition coefficient (Wildman–Crippen LogP) is 4.34. The fraction of sp³-hybridized carbons (Fsp3) is 0.241. The number of rotatable bonds is 12. The van der Waals surface area contributed by atoms with E-state index in [-0.39, 0.29) is 36.5 Å². The molecule has 0 spiro atoms. The van der Waals surface area contributed by atoms with Crippen molar-refractivity contribution in [3.8, 4) is 5.75 Å². The van der Waals surface area contributed by atoms with E-state index < -0.39 is 15.7 Å². The number of nitrogens with zero attached hydrogens (tertiary/aromatic N) is 3. The van der Waals surface area contributed by atoms with Gasteiger partial charge in [0.15, 0.2) is 0 Å². The first-order valence-electron chi connectivity index (χ1n) is 12.3. The zero-order valence-corrected chi connectivity index (χ0v) is 22.6. The Bertz CT molecular complexity index is 1490. The SMILES string of the molecule is COCCN(Cc1cnc(S(=O)(=O)Cc2ccc(F)cc2)n1Cc1ccccc1)C(=O)c1ccc(OC)cc1. The van der Waals surface area contributed by atoms with Gasteiger partial charge in [0, 0.05) is 19.2 Å². The molecule has 204 valence electrons. The Morgan fingerprint density at radius 3 is 2.28 bits per heavy atom. The molecule has 10 heteroatoms. The fourth-order valence-electron chi connectivity index (χ4n) is 4.13. The van der Waals surface area contributed by atoms with E-state index in [1.165, 1.54) is 30.5 Å². The zero-order chi connectivity index (χ0) is 27.8. The molecule has 3 aromatic carbocycles. The van der Waals surface area contributed by atoms with E-state index in [9.17, 15) is 17.6 Å². The third kappa shape index (κ3) is 7.10. The Kier molecular flexibility index (Phi) is 9.11. The van der Waals surface area contributed by atoms with Crippen molar-refractivity contribution in [2.45, 2.75) is 24.0 Å². The molecular formula is C29H30FN3O5S. The van der Waals surface area contributed by atoms with Crippen molar-refractivity contribution in [3.63, 3.8) is 0 Å². The van der Waals surface area contributed by atoms with Crippen LogP contribution in [0.15, 0.2) is 90.2 Å². The fourth-order valence-corrected chi connectivity index (χ4v) is 5.62. The van der Waals surface area contributed by atoms with Gasteiger partial charge >= 0.3 is 0 Å². The van der Waals surface area contributed by atoms with Crippen LogP contribution in [0.2, 0.25) is 0 Å². The molecule has 0 aliphatic carbocycles. The molecule has 8 nitrogen and oxygen atoms in total. The second kappa shape index (κ2) is 12.7. The van der Waals surface area contributed by atoms with Crippen LogP contribution in [0.4, 0.5) is 4.39 Å². The van der Waals surface area contributed by atoms with E-state index in [1.807, 2.05) is 30.3 Å². The van der Waals surface area contributed by atoms with Crippen LogP contribution in [-0.4, -0.2) is 56.1 Å². The van der Waals surface area contributed by atoms with Crippen LogP contribution in [0.5, 0.6) is 5.75 Å². The van der Waals surface area contributed by atoms with Gasteiger partial charge in [0.25, 0.3) is 5.91 Å². The van der Waals surface area contributed by atoms with Gasteiger partial charge in [0.1, 0.15) is 11.6 Å². The van der Waals surface area contributed by atoms with Crippen LogP contribution in [0, 0.1) is 5.82 Å². The Balaban J connectivity index is 1.69. The van der Waals surface area contributed by atoms with E-state index in [0.29, 0.717) is 29.2 Å². The van der Waals surface area contributed by atoms with Crippen LogP contribution in [-0.2, 0) is 33.4 Å². The maximum absolute atomic E-state index is 13.5. The molecule has 1 aromatic heterocycles. The van der Waals surface area contributed by atoms with Crippen molar-refractivity contribution in [1.82, 2.24) is 14.5 Å². The smallest absolute Gasteiger partial charge is 0.254 e. The number of methoxy groups -OCH3 is 2. The number of amides is 1. The maximum Gasteiger partial charge on any atom is 0.254 e. The van der Waals surface area contributed by atoms with Crippen molar-refractivity contribution >= 4 is 15.7 Å². The monoisotopic (exact) mass is 551 g/mol. The van der Waals surface area contributed by atoms with Crippen LogP contribution < -0.4 is 4.74 Å². The molecule has 1 amide bonds. The van der Waals surface area contributed by atoms with E-state index in [1.54, 1.807) is 48.0 Å². The zero-order valence-electron chi connectivity index (χ0n) is 21.8. The van der Waals surface area contributed by atoms with Crippen molar-refractivity contribution in [2.24, 2.45) is 0 Å². The van der Waals surface area contributed by atoms with Crippen molar-refractivity contribution in [2.75, 3.05) is 27.4 Å². The van der Waals surface area contributed by atoms with Gasteiger partial charge in [-0.25, -0.2) is 17.8 Å². The van der Waals surface area contributed by atoms with E-state index in [2.05, 4.69) is 4.98 Å². The third-order valence-corrected chi connectivity index (χ3v) is 7.77. The molecule has 0 N–H and O–H groups in total. The number of imidazole rings is 1. The summed E-state index contributed by atoms with van der Waals surface area (Å²) in [4.78, 5) is 19.3. The number of benzene rings is 3. The number of hydrogen-bond donors (Lipinski definition) is 0. The van der Waals surface area contributed by atoms with Crippen LogP contribution in [0.1, 0.15) is 27.2 Å². The van der Waals surface area contributed by atoms with Gasteiger partial charge in [-0.05, 0) is 47.5 Å². The first kappa shape index (κ1) is 28.0. The van der Waals surface area contributed by atoms with Gasteiger partial charge < -0.3 is 18.9 Å². The lowest BCUT2D eigenvalue weighted by molar-refractivity contribution is 0.0675. The summed E-state index contributed by atoms with van der Waals surface area (Å²) in [5.74, 6) is -0.386. The highest BCUT2D eigenvalue weighted by atomic mass is 32.2. The molecule has 0 radical (unpaired) electrons. The molecule has 0 aliphatic heterocycles. The highest BCUT2D eigenvalue weighted by molar-refractivity contribution is 7.90. The van der Waals surface area contributed by atoms with Gasteiger partial charge in [-0.2, -0.15) is 0 Å². The Labute approximate surface area is 227 Å². The normalized spacial score (nSPS) is 11.4. The summed E-state index contributed by atoms with van der Waals surface area (Å²) in [6, 6.07) is 21.5. The highest BCUT2D eigenvalue weighted by Crippen LogP contribution is 2.22. The molecular weight excluding hydrogens is 521 g/mol. The molecule has 0 fully saturated rings. The Morgan fingerprint density at radius 2 is 1.64 bits per heavy atom.